The van der Waals surface area contributed by atoms with Crippen LogP contribution >= 0.6 is 23.2 Å². The highest BCUT2D eigenvalue weighted by Gasteiger charge is 2.16. The van der Waals surface area contributed by atoms with E-state index in [1.54, 1.807) is 25.1 Å². The molecule has 0 aliphatic heterocycles. The molecule has 1 rings (SSSR count). The summed E-state index contributed by atoms with van der Waals surface area (Å²) in [4.78, 5) is 11.2. The van der Waals surface area contributed by atoms with Gasteiger partial charge < -0.3 is 10.5 Å². The van der Waals surface area contributed by atoms with E-state index < -0.39 is 6.04 Å². The molecule has 1 atom stereocenters. The molecule has 0 aliphatic carbocycles. The van der Waals surface area contributed by atoms with Crippen molar-refractivity contribution in [2.24, 2.45) is 5.73 Å². The number of ether oxygens (including phenoxy) is 1. The Morgan fingerprint density at radius 1 is 1.50 bits per heavy atom. The molecule has 0 saturated heterocycles. The second-order valence-electron chi connectivity index (χ2n) is 3.26. The largest absolute Gasteiger partial charge is 0.466 e. The summed E-state index contributed by atoms with van der Waals surface area (Å²) in [7, 11) is 0. The molecule has 0 amide bonds. The van der Waals surface area contributed by atoms with Crippen LogP contribution in [-0.4, -0.2) is 12.6 Å². The minimum Gasteiger partial charge on any atom is -0.466 e. The van der Waals surface area contributed by atoms with Crippen molar-refractivity contribution in [3.63, 3.8) is 0 Å². The van der Waals surface area contributed by atoms with Crippen LogP contribution in [-0.2, 0) is 9.53 Å². The van der Waals surface area contributed by atoms with Gasteiger partial charge in [-0.2, -0.15) is 0 Å². The molecule has 1 aromatic rings. The third-order valence-corrected chi connectivity index (χ3v) is 2.91. The van der Waals surface area contributed by atoms with Gasteiger partial charge in [0.15, 0.2) is 0 Å². The Kier molecular flexibility index (Phi) is 5.06. The molecule has 0 aliphatic rings. The quantitative estimate of drug-likeness (QED) is 0.849. The maximum Gasteiger partial charge on any atom is 0.307 e. The maximum absolute atomic E-state index is 11.2. The van der Waals surface area contributed by atoms with Gasteiger partial charge in [-0.05, 0) is 18.6 Å². The monoisotopic (exact) mass is 261 g/mol. The Labute approximate surface area is 104 Å². The molecule has 16 heavy (non-hydrogen) atoms. The molecule has 0 bridgehead atoms. The zero-order valence-corrected chi connectivity index (χ0v) is 10.4. The first-order valence-corrected chi connectivity index (χ1v) is 5.67. The highest BCUT2D eigenvalue weighted by molar-refractivity contribution is 6.42. The van der Waals surface area contributed by atoms with Gasteiger partial charge in [-0.3, -0.25) is 4.79 Å². The van der Waals surface area contributed by atoms with Crippen molar-refractivity contribution in [2.45, 2.75) is 19.4 Å². The highest BCUT2D eigenvalue weighted by atomic mass is 35.5. The number of hydrogen-bond donors (Lipinski definition) is 1. The highest BCUT2D eigenvalue weighted by Crippen LogP contribution is 2.30. The predicted molar refractivity (Wildman–Crippen MR) is 64.6 cm³/mol. The molecule has 0 fully saturated rings. The van der Waals surface area contributed by atoms with Crippen molar-refractivity contribution in [3.05, 3.63) is 33.8 Å². The summed E-state index contributed by atoms with van der Waals surface area (Å²) in [5, 5.41) is 0.819. The van der Waals surface area contributed by atoms with E-state index in [0.717, 1.165) is 0 Å². The van der Waals surface area contributed by atoms with Gasteiger partial charge in [0.25, 0.3) is 0 Å². The number of carbonyl (C=O) groups is 1. The van der Waals surface area contributed by atoms with Crippen molar-refractivity contribution in [1.29, 1.82) is 0 Å². The summed E-state index contributed by atoms with van der Waals surface area (Å²) in [5.41, 5.74) is 6.51. The van der Waals surface area contributed by atoms with Gasteiger partial charge in [0.05, 0.1) is 23.1 Å². The number of benzene rings is 1. The molecule has 0 heterocycles. The van der Waals surface area contributed by atoms with Crippen LogP contribution in [0.1, 0.15) is 24.9 Å². The molecule has 1 aromatic carbocycles. The van der Waals surface area contributed by atoms with Crippen LogP contribution < -0.4 is 5.73 Å². The van der Waals surface area contributed by atoms with Crippen LogP contribution in [0.3, 0.4) is 0 Å². The molecular formula is C11H13Cl2NO2. The number of carbonyl (C=O) groups excluding carboxylic acids is 1. The zero-order valence-electron chi connectivity index (χ0n) is 8.87. The average molecular weight is 262 g/mol. The number of hydrogen-bond acceptors (Lipinski definition) is 3. The van der Waals surface area contributed by atoms with Crippen molar-refractivity contribution < 1.29 is 9.53 Å². The average Bonchev–Trinajstić information content (AvgIpc) is 2.22. The van der Waals surface area contributed by atoms with Gasteiger partial charge in [0, 0.05) is 6.04 Å². The molecule has 0 unspecified atom stereocenters. The summed E-state index contributed by atoms with van der Waals surface area (Å²) < 4.78 is 4.81. The Morgan fingerprint density at radius 2 is 2.19 bits per heavy atom. The van der Waals surface area contributed by atoms with Crippen LogP contribution in [0, 0.1) is 0 Å². The number of halogens is 2. The summed E-state index contributed by atoms with van der Waals surface area (Å²) in [5.74, 6) is -0.342. The van der Waals surface area contributed by atoms with E-state index in [2.05, 4.69) is 0 Å². The third kappa shape index (κ3) is 3.37. The van der Waals surface area contributed by atoms with Gasteiger partial charge in [0.1, 0.15) is 0 Å². The lowest BCUT2D eigenvalue weighted by Crippen LogP contribution is -2.17. The van der Waals surface area contributed by atoms with Crippen molar-refractivity contribution >= 4 is 29.2 Å². The predicted octanol–water partition coefficient (Wildman–Crippen LogP) is 2.95. The SMILES string of the molecule is CCOC(=O)C[C@H](N)c1cccc(Cl)c1Cl. The maximum atomic E-state index is 11.2. The van der Waals surface area contributed by atoms with E-state index >= 15 is 0 Å². The molecule has 88 valence electrons. The lowest BCUT2D eigenvalue weighted by Gasteiger charge is -2.13. The lowest BCUT2D eigenvalue weighted by atomic mass is 10.0. The zero-order chi connectivity index (χ0) is 12.1. The molecule has 0 saturated carbocycles. The topological polar surface area (TPSA) is 52.3 Å². The molecule has 5 heteroatoms. The van der Waals surface area contributed by atoms with Gasteiger partial charge >= 0.3 is 5.97 Å². The Bertz CT molecular complexity index is 382. The molecule has 3 nitrogen and oxygen atoms in total. The van der Waals surface area contributed by atoms with Gasteiger partial charge in [0.2, 0.25) is 0 Å². The molecule has 0 radical (unpaired) electrons. The number of esters is 1. The van der Waals surface area contributed by atoms with Gasteiger partial charge in [-0.1, -0.05) is 35.3 Å². The fraction of sp³-hybridized carbons (Fsp3) is 0.364. The van der Waals surface area contributed by atoms with E-state index in [4.69, 9.17) is 33.7 Å². The summed E-state index contributed by atoms with van der Waals surface area (Å²) in [6, 6.07) is 4.67. The Morgan fingerprint density at radius 3 is 2.81 bits per heavy atom. The van der Waals surface area contributed by atoms with Crippen molar-refractivity contribution in [2.75, 3.05) is 6.61 Å². The van der Waals surface area contributed by atoms with Crippen LogP contribution in [0.2, 0.25) is 10.0 Å². The van der Waals surface area contributed by atoms with E-state index in [9.17, 15) is 4.79 Å². The van der Waals surface area contributed by atoms with E-state index in [-0.39, 0.29) is 12.4 Å². The van der Waals surface area contributed by atoms with E-state index in [1.165, 1.54) is 0 Å². The van der Waals surface area contributed by atoms with Crippen LogP contribution in [0.4, 0.5) is 0 Å². The number of nitrogens with two attached hydrogens (primary N) is 1. The first kappa shape index (κ1) is 13.3. The fourth-order valence-corrected chi connectivity index (χ4v) is 1.76. The minimum atomic E-state index is -0.495. The molecule has 0 aromatic heterocycles. The lowest BCUT2D eigenvalue weighted by molar-refractivity contribution is -0.143. The fourth-order valence-electron chi connectivity index (χ4n) is 1.32. The van der Waals surface area contributed by atoms with Crippen molar-refractivity contribution in [1.82, 2.24) is 0 Å². The standard InChI is InChI=1S/C11H13Cl2NO2/c1-2-16-10(15)6-9(14)7-4-3-5-8(12)11(7)13/h3-5,9H,2,6,14H2,1H3/t9-/m0/s1. The van der Waals surface area contributed by atoms with Gasteiger partial charge in [-0.15, -0.1) is 0 Å². The third-order valence-electron chi connectivity index (χ3n) is 2.07. The minimum absolute atomic E-state index is 0.0912. The molecular weight excluding hydrogens is 249 g/mol. The van der Waals surface area contributed by atoms with Crippen LogP contribution in [0.25, 0.3) is 0 Å². The normalized spacial score (nSPS) is 12.2. The van der Waals surface area contributed by atoms with Crippen LogP contribution in [0.15, 0.2) is 18.2 Å². The number of rotatable bonds is 4. The van der Waals surface area contributed by atoms with Gasteiger partial charge in [-0.25, -0.2) is 0 Å². The molecule has 0 spiro atoms. The summed E-state index contributed by atoms with van der Waals surface area (Å²) >= 11 is 11.8. The second kappa shape index (κ2) is 6.09. The molecule has 2 N–H and O–H groups in total. The van der Waals surface area contributed by atoms with Crippen LogP contribution in [0.5, 0.6) is 0 Å². The summed E-state index contributed by atoms with van der Waals surface area (Å²) in [6.45, 7) is 2.09. The second-order valence-corrected chi connectivity index (χ2v) is 4.04. The first-order chi connectivity index (χ1) is 7.56. The van der Waals surface area contributed by atoms with Crippen molar-refractivity contribution in [3.8, 4) is 0 Å². The van der Waals surface area contributed by atoms with E-state index in [1.807, 2.05) is 0 Å². The summed E-state index contributed by atoms with van der Waals surface area (Å²) in [6.07, 6.45) is 0.0912. The Balaban J connectivity index is 2.76. The smallest absolute Gasteiger partial charge is 0.307 e. The Hall–Kier alpha value is -0.770. The first-order valence-electron chi connectivity index (χ1n) is 4.91. The van der Waals surface area contributed by atoms with E-state index in [0.29, 0.717) is 22.2 Å².